The van der Waals surface area contributed by atoms with Gasteiger partial charge in [-0.3, -0.25) is 0 Å². The van der Waals surface area contributed by atoms with Crippen LogP contribution in [0.2, 0.25) is 0 Å². The van der Waals surface area contributed by atoms with Gasteiger partial charge >= 0.3 is 19.5 Å². The number of carbonyl (C=O) groups is 2. The molecule has 11 heteroatoms. The van der Waals surface area contributed by atoms with Crippen molar-refractivity contribution in [2.75, 3.05) is 80.3 Å². The number of carbonyl (C=O) groups excluding carboxylic acids is 2. The van der Waals surface area contributed by atoms with Crippen LogP contribution >= 0.6 is 0 Å². The predicted molar refractivity (Wildman–Crippen MR) is 86.3 cm³/mol. The topological polar surface area (TPSA) is 136 Å². The zero-order valence-corrected chi connectivity index (χ0v) is 19.2. The van der Waals surface area contributed by atoms with Gasteiger partial charge in [0.15, 0.2) is 0 Å². The van der Waals surface area contributed by atoms with Gasteiger partial charge in [0.25, 0.3) is 0 Å². The molecule has 0 bridgehead atoms. The van der Waals surface area contributed by atoms with Crippen molar-refractivity contribution in [3.05, 3.63) is 0 Å². The van der Waals surface area contributed by atoms with E-state index in [0.29, 0.717) is 65.7 Å². The maximum atomic E-state index is 9.89. The van der Waals surface area contributed by atoms with E-state index in [1.807, 2.05) is 0 Å². The summed E-state index contributed by atoms with van der Waals surface area (Å²) in [6, 6.07) is 0. The monoisotopic (exact) mass is 446 g/mol. The van der Waals surface area contributed by atoms with Gasteiger partial charge < -0.3 is 48.2 Å². The number of carboxylic acid groups (broad SMARTS) is 2. The zero-order chi connectivity index (χ0) is 19.9. The molecule has 0 aliphatic rings. The minimum atomic E-state index is -1.19. The minimum absolute atomic E-state index is 0. The molecule has 0 aromatic rings. The number of carboxylic acids is 2. The summed E-state index contributed by atoms with van der Waals surface area (Å²) in [7, 11) is 3.21. The number of methoxy groups -OCH3 is 2. The van der Waals surface area contributed by atoms with Crippen LogP contribution in [-0.2, 0) is 57.5 Å². The van der Waals surface area contributed by atoms with Crippen LogP contribution in [0.5, 0.6) is 0 Å². The molecule has 0 amide bonds. The first-order chi connectivity index (χ1) is 12.5. The number of hydrogen-bond donors (Lipinski definition) is 0. The van der Waals surface area contributed by atoms with Crippen molar-refractivity contribution in [2.45, 2.75) is 12.8 Å². The van der Waals surface area contributed by atoms with E-state index in [0.717, 1.165) is 0 Å². The van der Waals surface area contributed by atoms with Crippen molar-refractivity contribution in [1.82, 2.24) is 0 Å². The molecule has 0 saturated carbocycles. The van der Waals surface area contributed by atoms with Crippen molar-refractivity contribution in [3.8, 4) is 0 Å². The fourth-order valence-electron chi connectivity index (χ4n) is 1.33. The van der Waals surface area contributed by atoms with E-state index in [2.05, 4.69) is 0 Å². The molecule has 156 valence electrons. The first kappa shape index (κ1) is 31.0. The Kier molecular flexibility index (Phi) is 31.7. The van der Waals surface area contributed by atoms with Crippen molar-refractivity contribution in [3.63, 3.8) is 0 Å². The maximum Gasteiger partial charge on any atom is 2.00 e. The van der Waals surface area contributed by atoms with Gasteiger partial charge in [-0.05, 0) is 12.8 Å². The van der Waals surface area contributed by atoms with Crippen LogP contribution in [0.4, 0.5) is 0 Å². The molecule has 0 aliphatic carbocycles. The summed E-state index contributed by atoms with van der Waals surface area (Å²) in [5.74, 6) is -2.39. The molecule has 0 aromatic heterocycles. The number of hydrogen-bond acceptors (Lipinski definition) is 10. The van der Waals surface area contributed by atoms with Crippen molar-refractivity contribution in [1.29, 1.82) is 0 Å². The molecule has 0 saturated heterocycles. The summed E-state index contributed by atoms with van der Waals surface area (Å²) in [4.78, 5) is 19.8. The van der Waals surface area contributed by atoms with Crippen molar-refractivity contribution >= 4 is 11.9 Å². The summed E-state index contributed by atoms with van der Waals surface area (Å²) < 4.78 is 29.2. The van der Waals surface area contributed by atoms with Crippen LogP contribution < -0.4 is 10.2 Å². The third-order valence-electron chi connectivity index (χ3n) is 2.46. The fraction of sp³-hybridized carbons (Fsp3) is 0.875. The van der Waals surface area contributed by atoms with E-state index in [1.165, 1.54) is 0 Å². The molecule has 0 spiro atoms. The quantitative estimate of drug-likeness (QED) is 0.165. The smallest absolute Gasteiger partial charge is 0.548 e. The molecule has 0 radical (unpaired) electrons. The van der Waals surface area contributed by atoms with Crippen molar-refractivity contribution < 1.29 is 67.7 Å². The van der Waals surface area contributed by atoms with E-state index in [4.69, 9.17) is 28.4 Å². The van der Waals surface area contributed by atoms with Crippen LogP contribution in [0.3, 0.4) is 0 Å². The average molecular weight is 448 g/mol. The van der Waals surface area contributed by atoms with Gasteiger partial charge in [-0.1, -0.05) is 0 Å². The van der Waals surface area contributed by atoms with E-state index >= 15 is 0 Å². The Balaban J connectivity index is -0.000000411. The Morgan fingerprint density at radius 3 is 1.22 bits per heavy atom. The van der Waals surface area contributed by atoms with E-state index < -0.39 is 11.9 Å². The summed E-state index contributed by atoms with van der Waals surface area (Å²) in [6.07, 6.45) is 1.36. The Morgan fingerprint density at radius 2 is 0.926 bits per heavy atom. The van der Waals surface area contributed by atoms with E-state index in [-0.39, 0.29) is 32.7 Å². The van der Waals surface area contributed by atoms with E-state index in [1.54, 1.807) is 14.2 Å². The van der Waals surface area contributed by atoms with Crippen LogP contribution in [0.1, 0.15) is 12.8 Å². The Hall–Kier alpha value is -0.677. The first-order valence-corrected chi connectivity index (χ1v) is 8.23. The number of rotatable bonds is 18. The SMILES string of the molecule is COCCOCCCOCC(=O)[O-].COCCOCCCOCC(=O)[O-].[Zn+2]. The fourth-order valence-corrected chi connectivity index (χ4v) is 1.33. The summed E-state index contributed by atoms with van der Waals surface area (Å²) >= 11 is 0. The van der Waals surface area contributed by atoms with E-state index in [9.17, 15) is 19.8 Å². The first-order valence-electron chi connectivity index (χ1n) is 8.23. The summed E-state index contributed by atoms with van der Waals surface area (Å²) in [5, 5.41) is 19.8. The molecule has 27 heavy (non-hydrogen) atoms. The van der Waals surface area contributed by atoms with Gasteiger partial charge in [-0.15, -0.1) is 0 Å². The van der Waals surface area contributed by atoms with Crippen molar-refractivity contribution in [2.24, 2.45) is 0 Å². The molecule has 0 fully saturated rings. The summed E-state index contributed by atoms with van der Waals surface area (Å²) in [5.41, 5.74) is 0. The van der Waals surface area contributed by atoms with Crippen LogP contribution in [0.15, 0.2) is 0 Å². The Bertz CT molecular complexity index is 288. The third kappa shape index (κ3) is 36.9. The van der Waals surface area contributed by atoms with Gasteiger partial charge in [0.1, 0.15) is 0 Å². The van der Waals surface area contributed by atoms with Gasteiger partial charge in [0, 0.05) is 40.6 Å². The molecule has 0 atom stereocenters. The third-order valence-corrected chi connectivity index (χ3v) is 2.46. The van der Waals surface area contributed by atoms with Gasteiger partial charge in [-0.2, -0.15) is 0 Å². The second-order valence-electron chi connectivity index (χ2n) is 4.77. The molecular weight excluding hydrogens is 418 g/mol. The largest absolute Gasteiger partial charge is 2.00 e. The van der Waals surface area contributed by atoms with Crippen LogP contribution in [0, 0.1) is 0 Å². The van der Waals surface area contributed by atoms with Crippen LogP contribution in [-0.4, -0.2) is 92.2 Å². The molecule has 10 nitrogen and oxygen atoms in total. The number of aliphatic carboxylic acids is 2. The Morgan fingerprint density at radius 1 is 0.593 bits per heavy atom. The molecular formula is C16H30O10Zn. The number of ether oxygens (including phenoxy) is 6. The van der Waals surface area contributed by atoms with Crippen LogP contribution in [0.25, 0.3) is 0 Å². The minimum Gasteiger partial charge on any atom is -0.548 e. The van der Waals surface area contributed by atoms with Gasteiger partial charge in [0.05, 0.1) is 51.6 Å². The molecule has 0 unspecified atom stereocenters. The second kappa shape index (κ2) is 27.5. The summed E-state index contributed by atoms with van der Waals surface area (Å²) in [6.45, 7) is 3.40. The maximum absolute atomic E-state index is 9.89. The predicted octanol–water partition coefficient (Wildman–Crippen LogP) is -2.39. The molecule has 0 rings (SSSR count). The molecule has 0 N–H and O–H groups in total. The second-order valence-corrected chi connectivity index (χ2v) is 4.77. The van der Waals surface area contributed by atoms with Gasteiger partial charge in [0.2, 0.25) is 0 Å². The standard InChI is InChI=1S/2C8H16O5.Zn/c2*1-11-5-6-12-3-2-4-13-7-8(9)10;/h2*2-7H2,1H3,(H,9,10);/q;;+2/p-2. The normalized spacial score (nSPS) is 9.85. The Labute approximate surface area is 173 Å². The van der Waals surface area contributed by atoms with Gasteiger partial charge in [-0.25, -0.2) is 0 Å². The molecule has 0 heterocycles. The zero-order valence-electron chi connectivity index (χ0n) is 16.3. The molecule has 0 aliphatic heterocycles. The molecule has 0 aromatic carbocycles. The average Bonchev–Trinajstić information content (AvgIpc) is 2.60.